The summed E-state index contributed by atoms with van der Waals surface area (Å²) in [5.74, 6) is 0.317. The van der Waals surface area contributed by atoms with Crippen LogP contribution in [0.15, 0.2) is 20.8 Å². The minimum Gasteiger partial charge on any atom is -0.421 e. The zero-order valence-corrected chi connectivity index (χ0v) is 9.74. The highest BCUT2D eigenvalue weighted by molar-refractivity contribution is 9.12. The van der Waals surface area contributed by atoms with Crippen LogP contribution < -0.4 is 0 Å². The van der Waals surface area contributed by atoms with Crippen LogP contribution in [0.3, 0.4) is 0 Å². The van der Waals surface area contributed by atoms with E-state index in [-0.39, 0.29) is 5.97 Å². The van der Waals surface area contributed by atoms with E-state index in [2.05, 4.69) is 31.9 Å². The molecule has 1 aliphatic heterocycles. The standard InChI is InChI=1S/C8H8Br2O2/c1-2-3-5-7(10)6(4-9)12-8(5)11/h4H,2-3H2,1H3/b6-4-. The van der Waals surface area contributed by atoms with Crippen LogP contribution in [0.1, 0.15) is 19.8 Å². The molecule has 0 saturated carbocycles. The van der Waals surface area contributed by atoms with E-state index in [4.69, 9.17) is 4.74 Å². The van der Waals surface area contributed by atoms with Gasteiger partial charge in [0.25, 0.3) is 0 Å². The van der Waals surface area contributed by atoms with Gasteiger partial charge < -0.3 is 4.74 Å². The van der Waals surface area contributed by atoms with Crippen molar-refractivity contribution in [3.8, 4) is 0 Å². The van der Waals surface area contributed by atoms with Crippen molar-refractivity contribution in [2.24, 2.45) is 0 Å². The molecule has 0 spiro atoms. The topological polar surface area (TPSA) is 26.3 Å². The Labute approximate surface area is 87.9 Å². The first-order chi connectivity index (χ1) is 5.70. The molecule has 0 N–H and O–H groups in total. The summed E-state index contributed by atoms with van der Waals surface area (Å²) in [6.45, 7) is 2.02. The summed E-state index contributed by atoms with van der Waals surface area (Å²) in [6, 6.07) is 0. The van der Waals surface area contributed by atoms with E-state index in [0.717, 1.165) is 22.9 Å². The average Bonchev–Trinajstić information content (AvgIpc) is 2.32. The number of cyclic esters (lactones) is 1. The normalized spacial score (nSPS) is 20.6. The van der Waals surface area contributed by atoms with E-state index in [9.17, 15) is 4.79 Å². The van der Waals surface area contributed by atoms with Crippen molar-refractivity contribution in [1.82, 2.24) is 0 Å². The van der Waals surface area contributed by atoms with Crippen LogP contribution in [0, 0.1) is 0 Å². The van der Waals surface area contributed by atoms with Gasteiger partial charge in [0, 0.05) is 4.99 Å². The van der Waals surface area contributed by atoms with Gasteiger partial charge in [-0.25, -0.2) is 4.79 Å². The molecule has 0 aliphatic carbocycles. The van der Waals surface area contributed by atoms with Crippen molar-refractivity contribution in [1.29, 1.82) is 0 Å². The molecular weight excluding hydrogens is 288 g/mol. The monoisotopic (exact) mass is 294 g/mol. The maximum Gasteiger partial charge on any atom is 0.340 e. The molecule has 0 atom stereocenters. The summed E-state index contributed by atoms with van der Waals surface area (Å²) in [5.41, 5.74) is 0.725. The van der Waals surface area contributed by atoms with Gasteiger partial charge in [-0.1, -0.05) is 29.3 Å². The number of halogens is 2. The second kappa shape index (κ2) is 4.23. The Morgan fingerprint density at radius 1 is 1.58 bits per heavy atom. The van der Waals surface area contributed by atoms with E-state index in [1.165, 1.54) is 0 Å². The SMILES string of the molecule is CCCC1=C(Br)/C(=C/Br)OC1=O. The predicted octanol–water partition coefficient (Wildman–Crippen LogP) is 3.23. The third-order valence-corrected chi connectivity index (χ3v) is 2.81. The molecule has 4 heteroatoms. The smallest absolute Gasteiger partial charge is 0.340 e. The number of carbonyl (C=O) groups excluding carboxylic acids is 1. The first-order valence-electron chi connectivity index (χ1n) is 3.62. The fourth-order valence-electron chi connectivity index (χ4n) is 0.977. The molecule has 66 valence electrons. The van der Waals surface area contributed by atoms with Crippen LogP contribution in [0.25, 0.3) is 0 Å². The number of esters is 1. The summed E-state index contributed by atoms with van der Waals surface area (Å²) in [4.78, 5) is 12.8. The Hall–Kier alpha value is -0.0900. The molecule has 0 unspecified atom stereocenters. The molecular formula is C8H8Br2O2. The molecule has 0 aromatic carbocycles. The zero-order chi connectivity index (χ0) is 9.14. The highest BCUT2D eigenvalue weighted by Gasteiger charge is 2.26. The fraction of sp³-hybridized carbons (Fsp3) is 0.375. The molecule has 0 radical (unpaired) electrons. The van der Waals surface area contributed by atoms with Crippen molar-refractivity contribution >= 4 is 37.8 Å². The highest BCUT2D eigenvalue weighted by atomic mass is 79.9. The van der Waals surface area contributed by atoms with Gasteiger partial charge in [-0.15, -0.1) is 0 Å². The quantitative estimate of drug-likeness (QED) is 0.731. The van der Waals surface area contributed by atoms with Crippen LogP contribution in [0.5, 0.6) is 0 Å². The van der Waals surface area contributed by atoms with Gasteiger partial charge in [0.15, 0.2) is 5.76 Å². The summed E-state index contributed by atoms with van der Waals surface area (Å²) in [7, 11) is 0. The Kier molecular flexibility index (Phi) is 3.53. The summed E-state index contributed by atoms with van der Waals surface area (Å²) >= 11 is 6.43. The van der Waals surface area contributed by atoms with Crippen LogP contribution in [-0.4, -0.2) is 5.97 Å². The van der Waals surface area contributed by atoms with Crippen molar-refractivity contribution in [3.63, 3.8) is 0 Å². The molecule has 12 heavy (non-hydrogen) atoms. The number of rotatable bonds is 2. The fourth-order valence-corrected chi connectivity index (χ4v) is 2.16. The number of hydrogen-bond donors (Lipinski definition) is 0. The van der Waals surface area contributed by atoms with Crippen molar-refractivity contribution in [2.45, 2.75) is 19.8 Å². The van der Waals surface area contributed by atoms with Gasteiger partial charge in [0.2, 0.25) is 0 Å². The third kappa shape index (κ3) is 1.80. The third-order valence-electron chi connectivity index (χ3n) is 1.53. The van der Waals surface area contributed by atoms with E-state index in [1.807, 2.05) is 6.92 Å². The van der Waals surface area contributed by atoms with E-state index in [0.29, 0.717) is 5.76 Å². The number of ether oxygens (including phenoxy) is 1. The molecule has 1 aliphatic rings. The zero-order valence-electron chi connectivity index (χ0n) is 6.56. The van der Waals surface area contributed by atoms with Crippen molar-refractivity contribution < 1.29 is 9.53 Å². The molecule has 0 fully saturated rings. The van der Waals surface area contributed by atoms with Crippen LogP contribution in [0.2, 0.25) is 0 Å². The minimum absolute atomic E-state index is 0.241. The Morgan fingerprint density at radius 2 is 2.25 bits per heavy atom. The van der Waals surface area contributed by atoms with Gasteiger partial charge in [0.1, 0.15) is 0 Å². The minimum atomic E-state index is -0.241. The largest absolute Gasteiger partial charge is 0.421 e. The molecule has 0 aromatic rings. The first kappa shape index (κ1) is 9.99. The predicted molar refractivity (Wildman–Crippen MR) is 54.0 cm³/mol. The van der Waals surface area contributed by atoms with Gasteiger partial charge in [-0.3, -0.25) is 0 Å². The van der Waals surface area contributed by atoms with Crippen LogP contribution in [-0.2, 0) is 9.53 Å². The number of hydrogen-bond acceptors (Lipinski definition) is 2. The summed E-state index contributed by atoms with van der Waals surface area (Å²) < 4.78 is 5.71. The Bertz CT molecular complexity index is 266. The molecule has 2 nitrogen and oxygen atoms in total. The maximum atomic E-state index is 11.2. The van der Waals surface area contributed by atoms with Gasteiger partial charge in [-0.05, 0) is 22.4 Å². The van der Waals surface area contributed by atoms with Gasteiger partial charge in [-0.2, -0.15) is 0 Å². The van der Waals surface area contributed by atoms with E-state index < -0.39 is 0 Å². The lowest BCUT2D eigenvalue weighted by Crippen LogP contribution is -1.97. The van der Waals surface area contributed by atoms with Crippen LogP contribution in [0.4, 0.5) is 0 Å². The molecule has 0 amide bonds. The van der Waals surface area contributed by atoms with Crippen molar-refractivity contribution in [3.05, 3.63) is 20.8 Å². The molecule has 0 bridgehead atoms. The Balaban J connectivity index is 2.93. The number of carbonyl (C=O) groups is 1. The Morgan fingerprint density at radius 3 is 2.67 bits per heavy atom. The molecule has 1 heterocycles. The summed E-state index contributed by atoms with van der Waals surface area (Å²) in [5, 5.41) is 0. The number of allylic oxidation sites excluding steroid dienone is 1. The van der Waals surface area contributed by atoms with Gasteiger partial charge >= 0.3 is 5.97 Å². The highest BCUT2D eigenvalue weighted by Crippen LogP contribution is 2.33. The average molecular weight is 296 g/mol. The first-order valence-corrected chi connectivity index (χ1v) is 5.33. The second-order valence-electron chi connectivity index (χ2n) is 2.41. The molecule has 0 aromatic heterocycles. The van der Waals surface area contributed by atoms with Crippen molar-refractivity contribution in [2.75, 3.05) is 0 Å². The molecule has 0 saturated heterocycles. The lowest BCUT2D eigenvalue weighted by Gasteiger charge is -1.93. The maximum absolute atomic E-state index is 11.2. The van der Waals surface area contributed by atoms with E-state index in [1.54, 1.807) is 4.99 Å². The lowest BCUT2D eigenvalue weighted by molar-refractivity contribution is -0.133. The second-order valence-corrected chi connectivity index (χ2v) is 3.66. The van der Waals surface area contributed by atoms with Gasteiger partial charge in [0.05, 0.1) is 10.1 Å². The van der Waals surface area contributed by atoms with E-state index >= 15 is 0 Å². The molecule has 1 rings (SSSR count). The van der Waals surface area contributed by atoms with Crippen LogP contribution >= 0.6 is 31.9 Å². The lowest BCUT2D eigenvalue weighted by atomic mass is 10.1. The summed E-state index contributed by atoms with van der Waals surface area (Å²) in [6.07, 6.45) is 1.69.